The van der Waals surface area contributed by atoms with E-state index in [0.717, 1.165) is 5.56 Å². The van der Waals surface area contributed by atoms with Crippen molar-refractivity contribution in [2.75, 3.05) is 19.0 Å². The van der Waals surface area contributed by atoms with Gasteiger partial charge in [-0.1, -0.05) is 19.9 Å². The number of ether oxygens (including phenoxy) is 1. The molecule has 6 nitrogen and oxygen atoms in total. The van der Waals surface area contributed by atoms with Gasteiger partial charge in [-0.05, 0) is 54.8 Å². The number of methoxy groups -OCH3 is 1. The van der Waals surface area contributed by atoms with E-state index in [1.54, 1.807) is 6.07 Å². The second-order valence-electron chi connectivity index (χ2n) is 6.43. The molecule has 2 aromatic rings. The SMILES string of the molecule is COc1ccc(C)cc1NC(=O)c1ccc(S(=O)(=O)NCC(C)C)cc1. The number of anilines is 1. The molecule has 1 amide bonds. The van der Waals surface area contributed by atoms with Crippen molar-refractivity contribution in [2.24, 2.45) is 5.92 Å². The highest BCUT2D eigenvalue weighted by molar-refractivity contribution is 7.89. The lowest BCUT2D eigenvalue weighted by Crippen LogP contribution is -2.27. The molecule has 2 aromatic carbocycles. The van der Waals surface area contributed by atoms with Gasteiger partial charge < -0.3 is 10.1 Å². The number of amides is 1. The number of carbonyl (C=O) groups is 1. The molecular formula is C19H24N2O4S. The second-order valence-corrected chi connectivity index (χ2v) is 8.19. The van der Waals surface area contributed by atoms with Crippen LogP contribution >= 0.6 is 0 Å². The van der Waals surface area contributed by atoms with E-state index in [9.17, 15) is 13.2 Å². The zero-order valence-electron chi connectivity index (χ0n) is 15.4. The van der Waals surface area contributed by atoms with Crippen LogP contribution in [-0.4, -0.2) is 28.0 Å². The molecule has 0 saturated carbocycles. The minimum atomic E-state index is -3.57. The first kappa shape index (κ1) is 19.9. The van der Waals surface area contributed by atoms with E-state index in [-0.39, 0.29) is 16.7 Å². The van der Waals surface area contributed by atoms with Crippen LogP contribution in [0, 0.1) is 12.8 Å². The molecule has 0 radical (unpaired) electrons. The molecular weight excluding hydrogens is 352 g/mol. The van der Waals surface area contributed by atoms with Gasteiger partial charge in [-0.2, -0.15) is 0 Å². The van der Waals surface area contributed by atoms with E-state index in [2.05, 4.69) is 10.0 Å². The van der Waals surface area contributed by atoms with Gasteiger partial charge in [-0.3, -0.25) is 4.79 Å². The van der Waals surface area contributed by atoms with Crippen LogP contribution in [0.4, 0.5) is 5.69 Å². The van der Waals surface area contributed by atoms with E-state index in [1.807, 2.05) is 32.9 Å². The zero-order valence-corrected chi connectivity index (χ0v) is 16.2. The standard InChI is InChI=1S/C19H24N2O4S/c1-13(2)12-20-26(23,24)16-8-6-15(7-9-16)19(22)21-17-11-14(3)5-10-18(17)25-4/h5-11,13,20H,12H2,1-4H3,(H,21,22). The molecule has 140 valence electrons. The van der Waals surface area contributed by atoms with Crippen LogP contribution in [0.2, 0.25) is 0 Å². The minimum absolute atomic E-state index is 0.128. The number of hydrogen-bond acceptors (Lipinski definition) is 4. The average molecular weight is 376 g/mol. The predicted octanol–water partition coefficient (Wildman–Crippen LogP) is 3.19. The summed E-state index contributed by atoms with van der Waals surface area (Å²) in [6, 6.07) is 11.3. The van der Waals surface area contributed by atoms with Gasteiger partial charge >= 0.3 is 0 Å². The number of hydrogen-bond donors (Lipinski definition) is 2. The third kappa shape index (κ3) is 5.06. The molecule has 0 aliphatic carbocycles. The van der Waals surface area contributed by atoms with Crippen molar-refractivity contribution in [2.45, 2.75) is 25.7 Å². The molecule has 0 aromatic heterocycles. The summed E-state index contributed by atoms with van der Waals surface area (Å²) in [5, 5.41) is 2.79. The number of rotatable bonds is 7. The van der Waals surface area contributed by atoms with Crippen LogP contribution in [0.25, 0.3) is 0 Å². The molecule has 2 N–H and O–H groups in total. The van der Waals surface area contributed by atoms with Gasteiger partial charge in [-0.15, -0.1) is 0 Å². The maximum atomic E-state index is 12.4. The Morgan fingerprint density at radius 1 is 1.12 bits per heavy atom. The Balaban J connectivity index is 2.15. The van der Waals surface area contributed by atoms with Gasteiger partial charge in [0.15, 0.2) is 0 Å². The summed E-state index contributed by atoms with van der Waals surface area (Å²) in [7, 11) is -2.04. The summed E-state index contributed by atoms with van der Waals surface area (Å²) >= 11 is 0. The van der Waals surface area contributed by atoms with Gasteiger partial charge in [0.05, 0.1) is 17.7 Å². The first-order chi connectivity index (χ1) is 12.2. The highest BCUT2D eigenvalue weighted by Gasteiger charge is 2.16. The van der Waals surface area contributed by atoms with Crippen LogP contribution in [0.1, 0.15) is 29.8 Å². The Morgan fingerprint density at radius 3 is 2.35 bits per heavy atom. The van der Waals surface area contributed by atoms with Crippen LogP contribution in [-0.2, 0) is 10.0 Å². The number of carbonyl (C=O) groups excluding carboxylic acids is 1. The lowest BCUT2D eigenvalue weighted by Gasteiger charge is -2.12. The molecule has 0 unspecified atom stereocenters. The molecule has 0 saturated heterocycles. The Labute approximate surface area is 154 Å². The van der Waals surface area contributed by atoms with Gasteiger partial charge in [0.1, 0.15) is 5.75 Å². The van der Waals surface area contributed by atoms with Gasteiger partial charge in [0, 0.05) is 12.1 Å². The monoisotopic (exact) mass is 376 g/mol. The molecule has 0 spiro atoms. The predicted molar refractivity (Wildman–Crippen MR) is 102 cm³/mol. The fourth-order valence-corrected chi connectivity index (χ4v) is 3.47. The summed E-state index contributed by atoms with van der Waals surface area (Å²) in [6.07, 6.45) is 0. The topological polar surface area (TPSA) is 84.5 Å². The van der Waals surface area contributed by atoms with Crippen molar-refractivity contribution < 1.29 is 17.9 Å². The third-order valence-corrected chi connectivity index (χ3v) is 5.15. The first-order valence-electron chi connectivity index (χ1n) is 8.28. The van der Waals surface area contributed by atoms with E-state index in [0.29, 0.717) is 23.5 Å². The molecule has 0 bridgehead atoms. The minimum Gasteiger partial charge on any atom is -0.495 e. The van der Waals surface area contributed by atoms with Crippen molar-refractivity contribution >= 4 is 21.6 Å². The fourth-order valence-electron chi connectivity index (χ4n) is 2.26. The number of benzene rings is 2. The Kier molecular flexibility index (Phi) is 6.39. The molecule has 26 heavy (non-hydrogen) atoms. The van der Waals surface area contributed by atoms with Crippen LogP contribution in [0.15, 0.2) is 47.4 Å². The smallest absolute Gasteiger partial charge is 0.255 e. The third-order valence-electron chi connectivity index (χ3n) is 3.71. The Hall–Kier alpha value is -2.38. The molecule has 2 rings (SSSR count). The summed E-state index contributed by atoms with van der Waals surface area (Å²) in [5.74, 6) is 0.424. The normalized spacial score (nSPS) is 11.4. The molecule has 0 fully saturated rings. The van der Waals surface area contributed by atoms with Crippen LogP contribution in [0.3, 0.4) is 0 Å². The van der Waals surface area contributed by atoms with E-state index in [4.69, 9.17) is 4.74 Å². The zero-order chi connectivity index (χ0) is 19.3. The van der Waals surface area contributed by atoms with E-state index < -0.39 is 10.0 Å². The van der Waals surface area contributed by atoms with Gasteiger partial charge in [-0.25, -0.2) is 13.1 Å². The average Bonchev–Trinajstić information content (AvgIpc) is 2.60. The van der Waals surface area contributed by atoms with E-state index in [1.165, 1.54) is 31.4 Å². The fraction of sp³-hybridized carbons (Fsp3) is 0.316. The highest BCUT2D eigenvalue weighted by atomic mass is 32.2. The summed E-state index contributed by atoms with van der Waals surface area (Å²) in [6.45, 7) is 6.13. The van der Waals surface area contributed by atoms with E-state index >= 15 is 0 Å². The van der Waals surface area contributed by atoms with Crippen molar-refractivity contribution in [3.63, 3.8) is 0 Å². The van der Waals surface area contributed by atoms with Crippen molar-refractivity contribution in [3.8, 4) is 5.75 Å². The van der Waals surface area contributed by atoms with Crippen molar-refractivity contribution in [1.82, 2.24) is 4.72 Å². The van der Waals surface area contributed by atoms with Gasteiger partial charge in [0.25, 0.3) is 5.91 Å². The summed E-state index contributed by atoms with van der Waals surface area (Å²) < 4.78 is 32.2. The highest BCUT2D eigenvalue weighted by Crippen LogP contribution is 2.25. The molecule has 7 heteroatoms. The van der Waals surface area contributed by atoms with Crippen LogP contribution < -0.4 is 14.8 Å². The molecule has 0 aliphatic heterocycles. The molecule has 0 heterocycles. The van der Waals surface area contributed by atoms with Crippen LogP contribution in [0.5, 0.6) is 5.75 Å². The maximum absolute atomic E-state index is 12.4. The number of aryl methyl sites for hydroxylation is 1. The maximum Gasteiger partial charge on any atom is 0.255 e. The lowest BCUT2D eigenvalue weighted by molar-refractivity contribution is 0.102. The molecule has 0 atom stereocenters. The Morgan fingerprint density at radius 2 is 1.77 bits per heavy atom. The number of nitrogens with one attached hydrogen (secondary N) is 2. The van der Waals surface area contributed by atoms with Crippen molar-refractivity contribution in [1.29, 1.82) is 0 Å². The summed E-state index contributed by atoms with van der Waals surface area (Å²) in [4.78, 5) is 12.6. The number of sulfonamides is 1. The largest absolute Gasteiger partial charge is 0.495 e. The quantitative estimate of drug-likeness (QED) is 0.777. The summed E-state index contributed by atoms with van der Waals surface area (Å²) in [5.41, 5.74) is 1.91. The lowest BCUT2D eigenvalue weighted by atomic mass is 10.1. The van der Waals surface area contributed by atoms with Gasteiger partial charge in [0.2, 0.25) is 10.0 Å². The molecule has 0 aliphatic rings. The van der Waals surface area contributed by atoms with Crippen molar-refractivity contribution in [3.05, 3.63) is 53.6 Å². The Bertz CT molecular complexity index is 875. The second kappa shape index (κ2) is 8.33. The first-order valence-corrected chi connectivity index (χ1v) is 9.77.